The summed E-state index contributed by atoms with van der Waals surface area (Å²) in [4.78, 5) is 0. The summed E-state index contributed by atoms with van der Waals surface area (Å²) in [5.41, 5.74) is -0.0296. The third-order valence-corrected chi connectivity index (χ3v) is 18.3. The number of fused-ring (bicyclic) bond motifs is 7. The molecule has 0 radical (unpaired) electrons. The smallest absolute Gasteiger partial charge is 0.187 e. The van der Waals surface area contributed by atoms with Gasteiger partial charge in [0.15, 0.2) is 24.7 Å². The lowest BCUT2D eigenvalue weighted by Crippen LogP contribution is -2.67. The fraction of sp³-hybridized carbons (Fsp3) is 1.00. The van der Waals surface area contributed by atoms with E-state index in [1.165, 1.54) is 6.92 Å². The van der Waals surface area contributed by atoms with Crippen LogP contribution >= 0.6 is 0 Å². The molecule has 1 spiro atoms. The Bertz CT molecular complexity index is 1580. The van der Waals surface area contributed by atoms with Gasteiger partial charge in [0.25, 0.3) is 0 Å². The van der Waals surface area contributed by atoms with Crippen LogP contribution in [0.4, 0.5) is 0 Å². The van der Waals surface area contributed by atoms with Crippen molar-refractivity contribution in [1.82, 2.24) is 0 Å². The Labute approximate surface area is 369 Å². The summed E-state index contributed by atoms with van der Waals surface area (Å²) >= 11 is 0. The SMILES string of the molecule is CC1OC(OC2C(O[C@@H]3C[C@@H]4CC[C@@H]5[C@H](CC[C@]6(C)[C@@H]7[C@H](C[C@@H]56)O[C@]5(CC[C@@H](C)CO5)[C@H]7C)[C@@]4(C)C[C@H]3O)OC(CO)C(OC3OC(CO)C(O)C(O)C3O)C2O)C(O)C(O)C1O. The summed E-state index contributed by atoms with van der Waals surface area (Å²) in [6.07, 6.45) is -17.0. The molecule has 18 heteroatoms. The maximum absolute atomic E-state index is 12.1. The number of hydrogen-bond donors (Lipinski definition) is 10. The molecule has 63 heavy (non-hydrogen) atoms. The molecule has 0 aromatic rings. The van der Waals surface area contributed by atoms with Crippen molar-refractivity contribution in [1.29, 1.82) is 0 Å². The molecule has 28 atom stereocenters. The van der Waals surface area contributed by atoms with Crippen LogP contribution in [0, 0.1) is 52.3 Å². The van der Waals surface area contributed by atoms with Crippen molar-refractivity contribution >= 4 is 0 Å². The lowest BCUT2D eigenvalue weighted by molar-refractivity contribution is -0.392. The van der Waals surface area contributed by atoms with Gasteiger partial charge in [0.05, 0.1) is 44.2 Å². The second-order valence-corrected chi connectivity index (χ2v) is 21.7. The standard InChI is InChI=1S/C45H74O18/c1-18-8-11-45(56-17-18)19(2)30-27(63-45)13-24-22-7-6-21-12-26(25(48)14-44(21,5)23(22)9-10-43(24,30)4)58-42-39(62-40-35(53)33(51)31(49)20(3)57-40)37(55)38(29(16-47)60-42)61-41-36(54)34(52)32(50)28(15-46)59-41/h18-42,46-55H,6-17H2,1-5H3/t18-,19+,20?,21+,22-,23+,24+,25-,26-,27+,28?,29?,30+,31?,32?,33?,34?,35?,36?,37?,38?,39?,40?,41?,42?,43+,44+,45-/m1/s1. The third kappa shape index (κ3) is 7.79. The van der Waals surface area contributed by atoms with Crippen LogP contribution in [0.2, 0.25) is 0 Å². The maximum atomic E-state index is 12.1. The van der Waals surface area contributed by atoms with Gasteiger partial charge in [0.1, 0.15) is 67.1 Å². The van der Waals surface area contributed by atoms with E-state index in [0.29, 0.717) is 48.3 Å². The van der Waals surface area contributed by atoms with Gasteiger partial charge in [-0.05, 0) is 105 Å². The Balaban J connectivity index is 0.916. The van der Waals surface area contributed by atoms with Crippen LogP contribution in [0.1, 0.15) is 92.4 Å². The molecule has 9 rings (SSSR count). The van der Waals surface area contributed by atoms with E-state index >= 15 is 0 Å². The van der Waals surface area contributed by atoms with E-state index in [9.17, 15) is 51.1 Å². The largest absolute Gasteiger partial charge is 0.394 e. The van der Waals surface area contributed by atoms with Crippen LogP contribution < -0.4 is 0 Å². The van der Waals surface area contributed by atoms with Crippen LogP contribution in [0.3, 0.4) is 0 Å². The molecule has 5 heterocycles. The molecule has 5 saturated heterocycles. The maximum Gasteiger partial charge on any atom is 0.187 e. The number of rotatable bonds is 8. The van der Waals surface area contributed by atoms with Gasteiger partial charge in [-0.25, -0.2) is 0 Å². The highest BCUT2D eigenvalue weighted by Gasteiger charge is 2.69. The monoisotopic (exact) mass is 902 g/mol. The second-order valence-electron chi connectivity index (χ2n) is 21.7. The predicted molar refractivity (Wildman–Crippen MR) is 216 cm³/mol. The molecule has 10 N–H and O–H groups in total. The van der Waals surface area contributed by atoms with Crippen molar-refractivity contribution < 1.29 is 89.0 Å². The molecule has 15 unspecified atom stereocenters. The van der Waals surface area contributed by atoms with Crippen molar-refractivity contribution in [2.75, 3.05) is 19.8 Å². The van der Waals surface area contributed by atoms with Gasteiger partial charge in [-0.2, -0.15) is 0 Å². The average Bonchev–Trinajstić information content (AvgIpc) is 3.70. The van der Waals surface area contributed by atoms with Crippen LogP contribution in [-0.4, -0.2) is 187 Å². The minimum absolute atomic E-state index is 0.145. The topological polar surface area (TPSA) is 276 Å². The first-order valence-electron chi connectivity index (χ1n) is 23.8. The molecule has 0 aromatic carbocycles. The molecule has 0 aromatic heterocycles. The van der Waals surface area contributed by atoms with Crippen LogP contribution in [0.15, 0.2) is 0 Å². The van der Waals surface area contributed by atoms with Crippen LogP contribution in [0.5, 0.6) is 0 Å². The Morgan fingerprint density at radius 2 is 1.27 bits per heavy atom. The van der Waals surface area contributed by atoms with E-state index in [2.05, 4.69) is 27.7 Å². The molecule has 18 nitrogen and oxygen atoms in total. The van der Waals surface area contributed by atoms with Crippen molar-refractivity contribution in [3.8, 4) is 0 Å². The van der Waals surface area contributed by atoms with Gasteiger partial charge in [-0.3, -0.25) is 0 Å². The molecule has 0 bridgehead atoms. The van der Waals surface area contributed by atoms with Crippen LogP contribution in [-0.2, 0) is 37.9 Å². The van der Waals surface area contributed by atoms with Crippen molar-refractivity contribution in [3.63, 3.8) is 0 Å². The first kappa shape index (κ1) is 47.4. The summed E-state index contributed by atoms with van der Waals surface area (Å²) in [5.74, 6) is 2.45. The summed E-state index contributed by atoms with van der Waals surface area (Å²) in [6, 6.07) is 0. The Morgan fingerprint density at radius 3 is 1.95 bits per heavy atom. The lowest BCUT2D eigenvalue weighted by Gasteiger charge is -2.62. The zero-order valence-electron chi connectivity index (χ0n) is 37.2. The Hall–Kier alpha value is -0.720. The Kier molecular flexibility index (Phi) is 13.3. The zero-order valence-corrected chi connectivity index (χ0v) is 37.2. The average molecular weight is 903 g/mol. The van der Waals surface area contributed by atoms with Crippen molar-refractivity contribution in [2.24, 2.45) is 52.3 Å². The third-order valence-electron chi connectivity index (χ3n) is 18.3. The quantitative estimate of drug-likeness (QED) is 0.134. The normalized spacial score (nSPS) is 59.4. The molecular formula is C45H74O18. The number of ether oxygens (including phenoxy) is 8. The predicted octanol–water partition coefficient (Wildman–Crippen LogP) is -0.735. The minimum atomic E-state index is -1.85. The summed E-state index contributed by atoms with van der Waals surface area (Å²) < 4.78 is 49.7. The van der Waals surface area contributed by atoms with E-state index in [-0.39, 0.29) is 22.9 Å². The van der Waals surface area contributed by atoms with Gasteiger partial charge in [0, 0.05) is 12.3 Å². The summed E-state index contributed by atoms with van der Waals surface area (Å²) in [5, 5.41) is 108. The van der Waals surface area contributed by atoms with E-state index in [1.54, 1.807) is 0 Å². The molecule has 4 saturated carbocycles. The minimum Gasteiger partial charge on any atom is -0.394 e. The first-order valence-corrected chi connectivity index (χ1v) is 23.8. The fourth-order valence-corrected chi connectivity index (χ4v) is 14.7. The van der Waals surface area contributed by atoms with E-state index < -0.39 is 123 Å². The van der Waals surface area contributed by atoms with Gasteiger partial charge < -0.3 is 89.0 Å². The molecule has 9 aliphatic rings. The number of hydrogen-bond acceptors (Lipinski definition) is 18. The van der Waals surface area contributed by atoms with Crippen molar-refractivity contribution in [2.45, 2.75) is 209 Å². The Morgan fingerprint density at radius 1 is 0.603 bits per heavy atom. The van der Waals surface area contributed by atoms with E-state index in [1.807, 2.05) is 0 Å². The molecule has 9 fully saturated rings. The highest BCUT2D eigenvalue weighted by atomic mass is 16.8. The molecule has 4 aliphatic carbocycles. The van der Waals surface area contributed by atoms with Gasteiger partial charge in [-0.15, -0.1) is 0 Å². The summed E-state index contributed by atoms with van der Waals surface area (Å²) in [6.45, 7) is 10.2. The van der Waals surface area contributed by atoms with Gasteiger partial charge in [-0.1, -0.05) is 27.7 Å². The molecule has 0 amide bonds. The molecule has 362 valence electrons. The van der Waals surface area contributed by atoms with Crippen LogP contribution in [0.25, 0.3) is 0 Å². The lowest BCUT2D eigenvalue weighted by atomic mass is 9.44. The molecule has 5 aliphatic heterocycles. The highest BCUT2D eigenvalue weighted by Crippen LogP contribution is 2.71. The van der Waals surface area contributed by atoms with Gasteiger partial charge in [0.2, 0.25) is 0 Å². The molecular weight excluding hydrogens is 828 g/mol. The van der Waals surface area contributed by atoms with E-state index in [0.717, 1.165) is 51.6 Å². The zero-order chi connectivity index (χ0) is 45.1. The second kappa shape index (κ2) is 17.7. The van der Waals surface area contributed by atoms with E-state index in [4.69, 9.17) is 37.9 Å². The number of aliphatic hydroxyl groups excluding tert-OH is 10. The van der Waals surface area contributed by atoms with Crippen molar-refractivity contribution in [3.05, 3.63) is 0 Å². The fourth-order valence-electron chi connectivity index (χ4n) is 14.7. The highest BCUT2D eigenvalue weighted by molar-refractivity contribution is 5.16. The first-order chi connectivity index (χ1) is 29.8. The number of aliphatic hydroxyl groups is 10. The summed E-state index contributed by atoms with van der Waals surface area (Å²) in [7, 11) is 0. The van der Waals surface area contributed by atoms with Gasteiger partial charge >= 0.3 is 0 Å².